The van der Waals surface area contributed by atoms with Crippen molar-refractivity contribution in [1.29, 1.82) is 0 Å². The molecule has 0 aromatic heterocycles. The number of carbonyl (C=O) groups is 1. The Balaban J connectivity index is 1.91. The SMILES string of the molecule is C=CCOc1c(I)cc(/C=C2\N=C(c3ccc(OC)cc3)OC2=O)cc1OC. The van der Waals surface area contributed by atoms with Crippen molar-refractivity contribution in [3.63, 3.8) is 0 Å². The molecule has 0 spiro atoms. The van der Waals surface area contributed by atoms with Crippen LogP contribution < -0.4 is 14.2 Å². The van der Waals surface area contributed by atoms with Crippen molar-refractivity contribution >= 4 is 40.5 Å². The van der Waals surface area contributed by atoms with Crippen LogP contribution in [0.2, 0.25) is 0 Å². The molecule has 28 heavy (non-hydrogen) atoms. The number of benzene rings is 2. The third-order valence-electron chi connectivity index (χ3n) is 3.86. The van der Waals surface area contributed by atoms with E-state index in [0.29, 0.717) is 29.4 Å². The van der Waals surface area contributed by atoms with E-state index in [1.165, 1.54) is 0 Å². The molecule has 0 aliphatic carbocycles. The Bertz CT molecular complexity index is 964. The number of halogens is 1. The van der Waals surface area contributed by atoms with Crippen LogP contribution in [-0.4, -0.2) is 32.7 Å². The molecule has 144 valence electrons. The van der Waals surface area contributed by atoms with E-state index < -0.39 is 5.97 Å². The highest BCUT2D eigenvalue weighted by atomic mass is 127. The highest BCUT2D eigenvalue weighted by molar-refractivity contribution is 14.1. The van der Waals surface area contributed by atoms with Crippen LogP contribution in [0.15, 0.2) is 59.7 Å². The summed E-state index contributed by atoms with van der Waals surface area (Å²) in [5, 5.41) is 0. The molecular weight excluding hydrogens is 473 g/mol. The predicted molar refractivity (Wildman–Crippen MR) is 115 cm³/mol. The lowest BCUT2D eigenvalue weighted by Crippen LogP contribution is -2.05. The first-order chi connectivity index (χ1) is 13.5. The van der Waals surface area contributed by atoms with Crippen molar-refractivity contribution < 1.29 is 23.7 Å². The van der Waals surface area contributed by atoms with Crippen LogP contribution in [0.1, 0.15) is 11.1 Å². The molecule has 0 fully saturated rings. The summed E-state index contributed by atoms with van der Waals surface area (Å²) in [7, 11) is 3.15. The molecule has 2 aromatic rings. The van der Waals surface area contributed by atoms with Crippen LogP contribution in [0.4, 0.5) is 0 Å². The van der Waals surface area contributed by atoms with E-state index in [-0.39, 0.29) is 11.6 Å². The molecule has 1 heterocycles. The van der Waals surface area contributed by atoms with Crippen molar-refractivity contribution in [2.24, 2.45) is 4.99 Å². The van der Waals surface area contributed by atoms with Gasteiger partial charge in [0.25, 0.3) is 0 Å². The molecule has 0 amide bonds. The summed E-state index contributed by atoms with van der Waals surface area (Å²) in [6.45, 7) is 4.02. The van der Waals surface area contributed by atoms with Gasteiger partial charge in [0.1, 0.15) is 12.4 Å². The summed E-state index contributed by atoms with van der Waals surface area (Å²) in [5.41, 5.74) is 1.65. The Morgan fingerprint density at radius 2 is 1.93 bits per heavy atom. The summed E-state index contributed by atoms with van der Waals surface area (Å²) in [6, 6.07) is 10.8. The highest BCUT2D eigenvalue weighted by Gasteiger charge is 2.24. The zero-order valence-electron chi connectivity index (χ0n) is 15.4. The number of nitrogens with zero attached hydrogens (tertiary/aromatic N) is 1. The number of hydrogen-bond donors (Lipinski definition) is 0. The van der Waals surface area contributed by atoms with Gasteiger partial charge in [-0.05, 0) is 70.6 Å². The van der Waals surface area contributed by atoms with Gasteiger partial charge in [0, 0.05) is 5.56 Å². The molecule has 2 aromatic carbocycles. The van der Waals surface area contributed by atoms with Crippen molar-refractivity contribution in [3.8, 4) is 17.2 Å². The molecule has 1 aliphatic heterocycles. The molecule has 0 unspecified atom stereocenters. The first-order valence-corrected chi connectivity index (χ1v) is 9.41. The van der Waals surface area contributed by atoms with Crippen molar-refractivity contribution in [2.75, 3.05) is 20.8 Å². The second-order valence-corrected chi connectivity index (χ2v) is 6.86. The molecule has 3 rings (SSSR count). The van der Waals surface area contributed by atoms with Gasteiger partial charge >= 0.3 is 5.97 Å². The molecule has 6 nitrogen and oxygen atoms in total. The second kappa shape index (κ2) is 8.92. The maximum atomic E-state index is 12.2. The van der Waals surface area contributed by atoms with Gasteiger partial charge in [-0.2, -0.15) is 0 Å². The Morgan fingerprint density at radius 3 is 2.57 bits per heavy atom. The normalized spacial score (nSPS) is 14.5. The van der Waals surface area contributed by atoms with Gasteiger partial charge in [0.2, 0.25) is 5.90 Å². The Labute approximate surface area is 176 Å². The quantitative estimate of drug-likeness (QED) is 0.251. The van der Waals surface area contributed by atoms with Crippen LogP contribution in [0.5, 0.6) is 17.2 Å². The van der Waals surface area contributed by atoms with E-state index in [1.807, 2.05) is 6.07 Å². The minimum Gasteiger partial charge on any atom is -0.497 e. The zero-order valence-corrected chi connectivity index (χ0v) is 17.6. The third kappa shape index (κ3) is 4.36. The number of esters is 1. The minimum absolute atomic E-state index is 0.212. The van der Waals surface area contributed by atoms with Crippen molar-refractivity contribution in [2.45, 2.75) is 0 Å². The summed E-state index contributed by atoms with van der Waals surface area (Å²) in [4.78, 5) is 16.6. The van der Waals surface area contributed by atoms with Crippen molar-refractivity contribution in [1.82, 2.24) is 0 Å². The van der Waals surface area contributed by atoms with Crippen LogP contribution in [0.3, 0.4) is 0 Å². The maximum absolute atomic E-state index is 12.2. The first-order valence-electron chi connectivity index (χ1n) is 8.34. The molecule has 0 saturated carbocycles. The number of aliphatic imine (C=N–C) groups is 1. The number of hydrogen-bond acceptors (Lipinski definition) is 6. The Morgan fingerprint density at radius 1 is 1.18 bits per heavy atom. The van der Waals surface area contributed by atoms with Gasteiger partial charge in [0.05, 0.1) is 17.8 Å². The largest absolute Gasteiger partial charge is 0.497 e. The Hall–Kier alpha value is -2.81. The zero-order chi connectivity index (χ0) is 20.1. The smallest absolute Gasteiger partial charge is 0.363 e. The van der Waals surface area contributed by atoms with E-state index in [2.05, 4.69) is 34.2 Å². The monoisotopic (exact) mass is 491 g/mol. The molecule has 7 heteroatoms. The molecule has 0 saturated heterocycles. The van der Waals surface area contributed by atoms with Gasteiger partial charge in [-0.1, -0.05) is 12.7 Å². The third-order valence-corrected chi connectivity index (χ3v) is 4.66. The molecular formula is C21H18INO5. The lowest BCUT2D eigenvalue weighted by molar-refractivity contribution is -0.129. The molecule has 1 aliphatic rings. The second-order valence-electron chi connectivity index (χ2n) is 5.70. The molecule has 0 N–H and O–H groups in total. The topological polar surface area (TPSA) is 66.3 Å². The van der Waals surface area contributed by atoms with Gasteiger partial charge in [-0.25, -0.2) is 9.79 Å². The van der Waals surface area contributed by atoms with Crippen LogP contribution >= 0.6 is 22.6 Å². The van der Waals surface area contributed by atoms with E-state index in [1.54, 1.807) is 56.7 Å². The van der Waals surface area contributed by atoms with E-state index in [0.717, 1.165) is 9.13 Å². The van der Waals surface area contributed by atoms with Gasteiger partial charge in [0.15, 0.2) is 17.2 Å². The van der Waals surface area contributed by atoms with Gasteiger partial charge in [-0.15, -0.1) is 0 Å². The fourth-order valence-electron chi connectivity index (χ4n) is 2.53. The Kier molecular flexibility index (Phi) is 6.35. The summed E-state index contributed by atoms with van der Waals surface area (Å²) >= 11 is 2.15. The highest BCUT2D eigenvalue weighted by Crippen LogP contribution is 2.35. The molecule has 0 radical (unpaired) electrons. The number of cyclic esters (lactones) is 1. The summed E-state index contributed by atoms with van der Waals surface area (Å²) in [6.07, 6.45) is 3.32. The van der Waals surface area contributed by atoms with E-state index in [9.17, 15) is 4.79 Å². The fraction of sp³-hybridized carbons (Fsp3) is 0.143. The first kappa shape index (κ1) is 19.9. The van der Waals surface area contributed by atoms with Gasteiger partial charge in [-0.3, -0.25) is 0 Å². The maximum Gasteiger partial charge on any atom is 0.363 e. The minimum atomic E-state index is -0.508. The fourth-order valence-corrected chi connectivity index (χ4v) is 3.31. The van der Waals surface area contributed by atoms with Gasteiger partial charge < -0.3 is 18.9 Å². The number of carbonyl (C=O) groups excluding carboxylic acids is 1. The van der Waals surface area contributed by atoms with Crippen LogP contribution in [0, 0.1) is 3.57 Å². The summed E-state index contributed by atoms with van der Waals surface area (Å²) in [5.74, 6) is 1.65. The number of ether oxygens (including phenoxy) is 4. The van der Waals surface area contributed by atoms with E-state index >= 15 is 0 Å². The lowest BCUT2D eigenvalue weighted by atomic mass is 10.1. The average molecular weight is 491 g/mol. The number of methoxy groups -OCH3 is 2. The number of rotatable bonds is 7. The van der Waals surface area contributed by atoms with Crippen LogP contribution in [-0.2, 0) is 9.53 Å². The summed E-state index contributed by atoms with van der Waals surface area (Å²) < 4.78 is 22.3. The standard InChI is InChI=1S/C21H18INO5/c1-4-9-27-19-16(22)10-13(12-18(19)26-3)11-17-21(24)28-20(23-17)14-5-7-15(25-2)8-6-14/h4-8,10-12H,1,9H2,2-3H3/b17-11-. The molecule has 0 bridgehead atoms. The lowest BCUT2D eigenvalue weighted by Gasteiger charge is -2.12. The van der Waals surface area contributed by atoms with E-state index in [4.69, 9.17) is 18.9 Å². The molecule has 0 atom stereocenters. The van der Waals surface area contributed by atoms with Crippen molar-refractivity contribution in [3.05, 3.63) is 69.4 Å². The predicted octanol–water partition coefficient (Wildman–Crippen LogP) is 4.22. The average Bonchev–Trinajstić information content (AvgIpc) is 3.07. The van der Waals surface area contributed by atoms with Crippen LogP contribution in [0.25, 0.3) is 6.08 Å².